The van der Waals surface area contributed by atoms with E-state index in [0.717, 1.165) is 11.1 Å². The van der Waals surface area contributed by atoms with Gasteiger partial charge in [-0.1, -0.05) is 39.0 Å². The number of nitrogens with two attached hydrogens (primary N) is 1. The fourth-order valence-corrected chi connectivity index (χ4v) is 1.64. The SMILES string of the molecule is Cc1cc(C(C)(C)C)ccc1C(O)CN. The van der Waals surface area contributed by atoms with Gasteiger partial charge in [-0.25, -0.2) is 0 Å². The van der Waals surface area contributed by atoms with Crippen LogP contribution < -0.4 is 5.73 Å². The van der Waals surface area contributed by atoms with Crippen LogP contribution in [0.25, 0.3) is 0 Å². The summed E-state index contributed by atoms with van der Waals surface area (Å²) in [6, 6.07) is 6.18. The number of hydrogen-bond acceptors (Lipinski definition) is 2. The minimum atomic E-state index is -0.543. The average molecular weight is 207 g/mol. The monoisotopic (exact) mass is 207 g/mol. The number of aliphatic hydroxyl groups excluding tert-OH is 1. The summed E-state index contributed by atoms with van der Waals surface area (Å²) in [6.07, 6.45) is -0.543. The van der Waals surface area contributed by atoms with Gasteiger partial charge in [-0.05, 0) is 29.0 Å². The molecule has 1 aromatic carbocycles. The van der Waals surface area contributed by atoms with E-state index < -0.39 is 6.10 Å². The van der Waals surface area contributed by atoms with Crippen molar-refractivity contribution in [3.8, 4) is 0 Å². The Morgan fingerprint density at radius 3 is 2.33 bits per heavy atom. The van der Waals surface area contributed by atoms with Crippen molar-refractivity contribution in [2.45, 2.75) is 39.2 Å². The second-order valence-corrected chi connectivity index (χ2v) is 5.07. The highest BCUT2D eigenvalue weighted by Gasteiger charge is 2.16. The molecule has 1 aromatic rings. The van der Waals surface area contributed by atoms with Crippen LogP contribution in [0.1, 0.15) is 43.6 Å². The molecule has 0 bridgehead atoms. The van der Waals surface area contributed by atoms with Gasteiger partial charge in [0.1, 0.15) is 0 Å². The number of hydrogen-bond donors (Lipinski definition) is 2. The van der Waals surface area contributed by atoms with E-state index in [-0.39, 0.29) is 12.0 Å². The molecule has 0 saturated carbocycles. The lowest BCUT2D eigenvalue weighted by Gasteiger charge is -2.21. The smallest absolute Gasteiger partial charge is 0.0914 e. The van der Waals surface area contributed by atoms with Crippen LogP contribution in [0, 0.1) is 6.92 Å². The Bertz CT molecular complexity index is 339. The molecule has 1 atom stereocenters. The van der Waals surface area contributed by atoms with Crippen molar-refractivity contribution in [3.63, 3.8) is 0 Å². The summed E-state index contributed by atoms with van der Waals surface area (Å²) in [5, 5.41) is 9.68. The highest BCUT2D eigenvalue weighted by molar-refractivity contribution is 5.35. The van der Waals surface area contributed by atoms with E-state index in [1.54, 1.807) is 0 Å². The highest BCUT2D eigenvalue weighted by atomic mass is 16.3. The Labute approximate surface area is 92.1 Å². The Kier molecular flexibility index (Phi) is 3.53. The minimum Gasteiger partial charge on any atom is -0.387 e. The topological polar surface area (TPSA) is 46.2 Å². The van der Waals surface area contributed by atoms with Crippen molar-refractivity contribution >= 4 is 0 Å². The molecule has 0 aromatic heterocycles. The first-order chi connectivity index (χ1) is 6.86. The summed E-state index contributed by atoms with van der Waals surface area (Å²) in [6.45, 7) is 8.83. The molecule has 15 heavy (non-hydrogen) atoms. The third-order valence-electron chi connectivity index (χ3n) is 2.72. The fraction of sp³-hybridized carbons (Fsp3) is 0.538. The molecule has 1 unspecified atom stereocenters. The molecular formula is C13H21NO. The molecule has 0 amide bonds. The number of benzene rings is 1. The Balaban J connectivity index is 3.09. The van der Waals surface area contributed by atoms with E-state index in [1.165, 1.54) is 5.56 Å². The first-order valence-electron chi connectivity index (χ1n) is 5.35. The number of aryl methyl sites for hydroxylation is 1. The van der Waals surface area contributed by atoms with Gasteiger partial charge < -0.3 is 10.8 Å². The van der Waals surface area contributed by atoms with E-state index in [1.807, 2.05) is 13.0 Å². The van der Waals surface area contributed by atoms with Crippen LogP contribution in [-0.2, 0) is 5.41 Å². The molecule has 0 radical (unpaired) electrons. The zero-order chi connectivity index (χ0) is 11.6. The van der Waals surface area contributed by atoms with Crippen LogP contribution in [0.15, 0.2) is 18.2 Å². The van der Waals surface area contributed by atoms with Gasteiger partial charge in [-0.3, -0.25) is 0 Å². The average Bonchev–Trinajstić information content (AvgIpc) is 2.15. The van der Waals surface area contributed by atoms with E-state index in [0.29, 0.717) is 0 Å². The predicted molar refractivity (Wildman–Crippen MR) is 63.9 cm³/mol. The molecule has 0 heterocycles. The molecule has 0 aliphatic heterocycles. The molecule has 2 nitrogen and oxygen atoms in total. The Morgan fingerprint density at radius 2 is 1.93 bits per heavy atom. The van der Waals surface area contributed by atoms with Crippen molar-refractivity contribution in [1.82, 2.24) is 0 Å². The fourth-order valence-electron chi connectivity index (χ4n) is 1.64. The van der Waals surface area contributed by atoms with Crippen molar-refractivity contribution in [3.05, 3.63) is 34.9 Å². The summed E-state index contributed by atoms with van der Waals surface area (Å²) in [7, 11) is 0. The number of rotatable bonds is 2. The Morgan fingerprint density at radius 1 is 1.33 bits per heavy atom. The summed E-state index contributed by atoms with van der Waals surface area (Å²) >= 11 is 0. The van der Waals surface area contributed by atoms with Gasteiger partial charge in [0.05, 0.1) is 6.10 Å². The summed E-state index contributed by atoms with van der Waals surface area (Å²) < 4.78 is 0. The van der Waals surface area contributed by atoms with Crippen molar-refractivity contribution < 1.29 is 5.11 Å². The van der Waals surface area contributed by atoms with E-state index in [4.69, 9.17) is 5.73 Å². The third kappa shape index (κ3) is 2.80. The molecule has 3 N–H and O–H groups in total. The predicted octanol–water partition coefficient (Wildman–Crippen LogP) is 2.28. The molecule has 0 fully saturated rings. The second kappa shape index (κ2) is 4.33. The largest absolute Gasteiger partial charge is 0.387 e. The van der Waals surface area contributed by atoms with Crippen LogP contribution >= 0.6 is 0 Å². The van der Waals surface area contributed by atoms with E-state index >= 15 is 0 Å². The zero-order valence-electron chi connectivity index (χ0n) is 10.0. The molecule has 2 heteroatoms. The van der Waals surface area contributed by atoms with Crippen LogP contribution in [0.4, 0.5) is 0 Å². The maximum Gasteiger partial charge on any atom is 0.0914 e. The second-order valence-electron chi connectivity index (χ2n) is 5.07. The summed E-state index contributed by atoms with van der Waals surface area (Å²) in [4.78, 5) is 0. The maximum atomic E-state index is 9.68. The summed E-state index contributed by atoms with van der Waals surface area (Å²) in [5.74, 6) is 0. The van der Waals surface area contributed by atoms with E-state index in [2.05, 4.69) is 32.9 Å². The zero-order valence-corrected chi connectivity index (χ0v) is 10.0. The Hall–Kier alpha value is -0.860. The van der Waals surface area contributed by atoms with Gasteiger partial charge in [0.2, 0.25) is 0 Å². The van der Waals surface area contributed by atoms with Crippen molar-refractivity contribution in [2.24, 2.45) is 5.73 Å². The van der Waals surface area contributed by atoms with Gasteiger partial charge in [0, 0.05) is 6.54 Å². The minimum absolute atomic E-state index is 0.150. The van der Waals surface area contributed by atoms with E-state index in [9.17, 15) is 5.11 Å². The molecule has 0 aliphatic carbocycles. The molecule has 0 aliphatic rings. The highest BCUT2D eigenvalue weighted by Crippen LogP contribution is 2.26. The normalized spacial score (nSPS) is 14.0. The summed E-state index contributed by atoms with van der Waals surface area (Å²) in [5.41, 5.74) is 8.93. The third-order valence-corrected chi connectivity index (χ3v) is 2.72. The van der Waals surface area contributed by atoms with Gasteiger partial charge in [0.25, 0.3) is 0 Å². The quantitative estimate of drug-likeness (QED) is 0.781. The van der Waals surface area contributed by atoms with Crippen LogP contribution in [0.5, 0.6) is 0 Å². The van der Waals surface area contributed by atoms with Gasteiger partial charge in [-0.2, -0.15) is 0 Å². The van der Waals surface area contributed by atoms with Gasteiger partial charge >= 0.3 is 0 Å². The van der Waals surface area contributed by atoms with Crippen LogP contribution in [0.3, 0.4) is 0 Å². The number of aliphatic hydroxyl groups is 1. The lowest BCUT2D eigenvalue weighted by atomic mass is 9.85. The van der Waals surface area contributed by atoms with Crippen LogP contribution in [0.2, 0.25) is 0 Å². The van der Waals surface area contributed by atoms with Crippen molar-refractivity contribution in [2.75, 3.05) is 6.54 Å². The standard InChI is InChI=1S/C13H21NO/c1-9-7-10(13(2,3)4)5-6-11(9)12(15)8-14/h5-7,12,15H,8,14H2,1-4H3. The molecular weight excluding hydrogens is 186 g/mol. The maximum absolute atomic E-state index is 9.68. The molecule has 0 saturated heterocycles. The lowest BCUT2D eigenvalue weighted by molar-refractivity contribution is 0.186. The first kappa shape index (κ1) is 12.2. The molecule has 0 spiro atoms. The molecule has 1 rings (SSSR count). The van der Waals surface area contributed by atoms with Crippen LogP contribution in [-0.4, -0.2) is 11.7 Å². The lowest BCUT2D eigenvalue weighted by Crippen LogP contribution is -2.15. The first-order valence-corrected chi connectivity index (χ1v) is 5.35. The van der Waals surface area contributed by atoms with Crippen molar-refractivity contribution in [1.29, 1.82) is 0 Å². The van der Waals surface area contributed by atoms with Gasteiger partial charge in [0.15, 0.2) is 0 Å². The van der Waals surface area contributed by atoms with Gasteiger partial charge in [-0.15, -0.1) is 0 Å². The molecule has 84 valence electrons.